The first-order valence-electron chi connectivity index (χ1n) is 4.74. The SMILES string of the molecule is CC(C)CC(O)c1cccc(F)c1N. The molecule has 0 aliphatic carbocycles. The van der Waals surface area contributed by atoms with Gasteiger partial charge in [-0.15, -0.1) is 0 Å². The molecule has 1 aromatic carbocycles. The van der Waals surface area contributed by atoms with Crippen molar-refractivity contribution in [1.82, 2.24) is 0 Å². The number of nitrogen functional groups attached to an aromatic ring is 1. The fraction of sp³-hybridized carbons (Fsp3) is 0.455. The van der Waals surface area contributed by atoms with E-state index in [1.54, 1.807) is 12.1 Å². The number of aliphatic hydroxyl groups is 1. The van der Waals surface area contributed by atoms with Gasteiger partial charge in [0, 0.05) is 5.56 Å². The van der Waals surface area contributed by atoms with Crippen LogP contribution < -0.4 is 5.73 Å². The Hall–Kier alpha value is -1.09. The number of halogens is 1. The molecule has 3 N–H and O–H groups in total. The van der Waals surface area contributed by atoms with Crippen LogP contribution in [0.4, 0.5) is 10.1 Å². The number of anilines is 1. The first-order chi connectivity index (χ1) is 6.52. The van der Waals surface area contributed by atoms with Crippen molar-refractivity contribution in [3.63, 3.8) is 0 Å². The highest BCUT2D eigenvalue weighted by molar-refractivity contribution is 5.49. The van der Waals surface area contributed by atoms with Crippen molar-refractivity contribution >= 4 is 5.69 Å². The molecule has 0 amide bonds. The fourth-order valence-corrected chi connectivity index (χ4v) is 1.42. The van der Waals surface area contributed by atoms with E-state index < -0.39 is 11.9 Å². The van der Waals surface area contributed by atoms with Crippen LogP contribution in [0, 0.1) is 11.7 Å². The van der Waals surface area contributed by atoms with Crippen LogP contribution in [0.15, 0.2) is 18.2 Å². The van der Waals surface area contributed by atoms with Gasteiger partial charge >= 0.3 is 0 Å². The molecule has 1 atom stereocenters. The summed E-state index contributed by atoms with van der Waals surface area (Å²) < 4.78 is 13.0. The van der Waals surface area contributed by atoms with E-state index in [2.05, 4.69) is 0 Å². The summed E-state index contributed by atoms with van der Waals surface area (Å²) in [7, 11) is 0. The second-order valence-corrected chi connectivity index (χ2v) is 3.89. The van der Waals surface area contributed by atoms with E-state index >= 15 is 0 Å². The minimum absolute atomic E-state index is 0.0562. The maximum atomic E-state index is 13.0. The predicted octanol–water partition coefficient (Wildman–Crippen LogP) is 2.49. The molecule has 0 spiro atoms. The molecular formula is C11H16FNO. The number of aliphatic hydroxyl groups excluding tert-OH is 1. The van der Waals surface area contributed by atoms with Crippen LogP contribution in [0.3, 0.4) is 0 Å². The van der Waals surface area contributed by atoms with Crippen LogP contribution in [0.25, 0.3) is 0 Å². The van der Waals surface area contributed by atoms with Crippen LogP contribution in [0.2, 0.25) is 0 Å². The maximum Gasteiger partial charge on any atom is 0.146 e. The zero-order valence-electron chi connectivity index (χ0n) is 8.50. The van der Waals surface area contributed by atoms with E-state index in [-0.39, 0.29) is 5.69 Å². The lowest BCUT2D eigenvalue weighted by atomic mass is 9.98. The monoisotopic (exact) mass is 197 g/mol. The molecule has 1 aromatic rings. The zero-order chi connectivity index (χ0) is 10.7. The van der Waals surface area contributed by atoms with Gasteiger partial charge in [0.05, 0.1) is 11.8 Å². The first-order valence-corrected chi connectivity index (χ1v) is 4.74. The number of hydrogen-bond acceptors (Lipinski definition) is 2. The van der Waals surface area contributed by atoms with Gasteiger partial charge in [-0.1, -0.05) is 26.0 Å². The second-order valence-electron chi connectivity index (χ2n) is 3.89. The molecule has 78 valence electrons. The molecule has 1 unspecified atom stereocenters. The van der Waals surface area contributed by atoms with Crippen LogP contribution in [-0.2, 0) is 0 Å². The Labute approximate surface area is 83.6 Å². The molecular weight excluding hydrogens is 181 g/mol. The molecule has 0 radical (unpaired) electrons. The van der Waals surface area contributed by atoms with Gasteiger partial charge < -0.3 is 10.8 Å². The Balaban J connectivity index is 2.89. The highest BCUT2D eigenvalue weighted by Crippen LogP contribution is 2.27. The molecule has 0 saturated heterocycles. The Morgan fingerprint density at radius 1 is 1.43 bits per heavy atom. The third-order valence-corrected chi connectivity index (χ3v) is 2.14. The average molecular weight is 197 g/mol. The summed E-state index contributed by atoms with van der Waals surface area (Å²) in [6.07, 6.45) is -0.0844. The molecule has 14 heavy (non-hydrogen) atoms. The number of para-hydroxylation sites is 1. The summed E-state index contributed by atoms with van der Waals surface area (Å²) in [6, 6.07) is 4.51. The topological polar surface area (TPSA) is 46.2 Å². The van der Waals surface area contributed by atoms with Crippen molar-refractivity contribution in [2.24, 2.45) is 5.92 Å². The van der Waals surface area contributed by atoms with E-state index in [9.17, 15) is 9.50 Å². The van der Waals surface area contributed by atoms with Gasteiger partial charge in [0.15, 0.2) is 0 Å². The molecule has 0 fully saturated rings. The maximum absolute atomic E-state index is 13.0. The molecule has 2 nitrogen and oxygen atoms in total. The van der Waals surface area contributed by atoms with E-state index in [4.69, 9.17) is 5.73 Å². The Morgan fingerprint density at radius 3 is 2.64 bits per heavy atom. The lowest BCUT2D eigenvalue weighted by molar-refractivity contribution is 0.151. The Morgan fingerprint density at radius 2 is 2.07 bits per heavy atom. The van der Waals surface area contributed by atoms with E-state index in [1.165, 1.54) is 6.07 Å². The minimum atomic E-state index is -0.675. The van der Waals surface area contributed by atoms with Gasteiger partial charge in [-0.2, -0.15) is 0 Å². The van der Waals surface area contributed by atoms with Crippen LogP contribution in [-0.4, -0.2) is 5.11 Å². The largest absolute Gasteiger partial charge is 0.396 e. The summed E-state index contributed by atoms with van der Waals surface area (Å²) in [5, 5.41) is 9.75. The summed E-state index contributed by atoms with van der Waals surface area (Å²) >= 11 is 0. The van der Waals surface area contributed by atoms with Crippen LogP contribution in [0.5, 0.6) is 0 Å². The zero-order valence-corrected chi connectivity index (χ0v) is 8.50. The molecule has 0 saturated carbocycles. The summed E-state index contributed by atoms with van der Waals surface area (Å²) in [6.45, 7) is 4.00. The van der Waals surface area contributed by atoms with Crippen molar-refractivity contribution in [1.29, 1.82) is 0 Å². The molecule has 3 heteroatoms. The normalized spacial score (nSPS) is 13.2. The molecule has 0 heterocycles. The number of hydrogen-bond donors (Lipinski definition) is 2. The molecule has 1 rings (SSSR count). The lowest BCUT2D eigenvalue weighted by Crippen LogP contribution is -2.06. The highest BCUT2D eigenvalue weighted by atomic mass is 19.1. The summed E-state index contributed by atoms with van der Waals surface area (Å²) in [5.74, 6) is -0.113. The smallest absolute Gasteiger partial charge is 0.146 e. The van der Waals surface area contributed by atoms with Gasteiger partial charge in [0.2, 0.25) is 0 Å². The quantitative estimate of drug-likeness (QED) is 0.731. The average Bonchev–Trinajstić information content (AvgIpc) is 2.08. The van der Waals surface area contributed by atoms with Crippen molar-refractivity contribution in [2.75, 3.05) is 5.73 Å². The van der Waals surface area contributed by atoms with Crippen molar-refractivity contribution in [3.05, 3.63) is 29.6 Å². The van der Waals surface area contributed by atoms with Gasteiger partial charge in [0.25, 0.3) is 0 Å². The lowest BCUT2D eigenvalue weighted by Gasteiger charge is -2.15. The van der Waals surface area contributed by atoms with Gasteiger partial charge in [0.1, 0.15) is 5.82 Å². The summed E-state index contributed by atoms with van der Waals surface area (Å²) in [4.78, 5) is 0. The number of nitrogens with two attached hydrogens (primary N) is 1. The molecule has 0 aliphatic heterocycles. The fourth-order valence-electron chi connectivity index (χ4n) is 1.42. The first kappa shape index (κ1) is 11.0. The molecule has 0 aliphatic rings. The third kappa shape index (κ3) is 2.45. The van der Waals surface area contributed by atoms with E-state index in [0.29, 0.717) is 17.9 Å². The predicted molar refractivity (Wildman–Crippen MR) is 55.2 cm³/mol. The van der Waals surface area contributed by atoms with E-state index in [1.807, 2.05) is 13.8 Å². The van der Waals surface area contributed by atoms with Crippen molar-refractivity contribution in [3.8, 4) is 0 Å². The molecule has 0 bridgehead atoms. The van der Waals surface area contributed by atoms with Crippen LogP contribution >= 0.6 is 0 Å². The van der Waals surface area contributed by atoms with Crippen molar-refractivity contribution < 1.29 is 9.50 Å². The second kappa shape index (κ2) is 4.42. The number of rotatable bonds is 3. The van der Waals surface area contributed by atoms with Gasteiger partial charge in [-0.25, -0.2) is 4.39 Å². The highest BCUT2D eigenvalue weighted by Gasteiger charge is 2.14. The van der Waals surface area contributed by atoms with Crippen LogP contribution in [0.1, 0.15) is 31.9 Å². The molecule has 0 aromatic heterocycles. The third-order valence-electron chi connectivity index (χ3n) is 2.14. The van der Waals surface area contributed by atoms with Crippen molar-refractivity contribution in [2.45, 2.75) is 26.4 Å². The number of benzene rings is 1. The van der Waals surface area contributed by atoms with E-state index in [0.717, 1.165) is 0 Å². The van der Waals surface area contributed by atoms with Gasteiger partial charge in [-0.05, 0) is 18.4 Å². The Bertz CT molecular complexity index is 312. The summed E-state index contributed by atoms with van der Waals surface area (Å²) in [5.41, 5.74) is 6.07. The van der Waals surface area contributed by atoms with Gasteiger partial charge in [-0.3, -0.25) is 0 Å². The minimum Gasteiger partial charge on any atom is -0.396 e. The Kier molecular flexibility index (Phi) is 3.47. The standard InChI is InChI=1S/C11H16FNO/c1-7(2)6-10(14)8-4-3-5-9(12)11(8)13/h3-5,7,10,14H,6,13H2,1-2H3.